The van der Waals surface area contributed by atoms with Crippen molar-refractivity contribution >= 4 is 5.82 Å². The highest BCUT2D eigenvalue weighted by atomic mass is 19.1. The van der Waals surface area contributed by atoms with Gasteiger partial charge in [-0.25, -0.2) is 18.7 Å². The van der Waals surface area contributed by atoms with Gasteiger partial charge in [-0.15, -0.1) is 0 Å². The van der Waals surface area contributed by atoms with E-state index in [4.69, 9.17) is 10.5 Å². The first kappa shape index (κ1) is 12.0. The van der Waals surface area contributed by atoms with Crippen LogP contribution in [-0.2, 0) is 17.8 Å². The van der Waals surface area contributed by atoms with Gasteiger partial charge in [-0.3, -0.25) is 0 Å². The summed E-state index contributed by atoms with van der Waals surface area (Å²) in [6, 6.07) is 3.17. The second-order valence-corrected chi connectivity index (χ2v) is 4.32. The van der Waals surface area contributed by atoms with E-state index in [0.717, 1.165) is 17.3 Å². The molecule has 0 unspecified atom stereocenters. The largest absolute Gasteiger partial charge is 0.383 e. The van der Waals surface area contributed by atoms with Crippen LogP contribution in [-0.4, -0.2) is 16.6 Å². The molecule has 0 atom stereocenters. The van der Waals surface area contributed by atoms with Crippen molar-refractivity contribution in [3.05, 3.63) is 41.1 Å². The molecule has 1 aromatic carbocycles. The lowest BCUT2D eigenvalue weighted by Crippen LogP contribution is -2.16. The van der Waals surface area contributed by atoms with Crippen molar-refractivity contribution in [2.45, 2.75) is 13.0 Å². The van der Waals surface area contributed by atoms with Gasteiger partial charge in [0.25, 0.3) is 0 Å². The summed E-state index contributed by atoms with van der Waals surface area (Å²) < 4.78 is 31.7. The number of halogens is 2. The van der Waals surface area contributed by atoms with Gasteiger partial charge in [-0.05, 0) is 12.1 Å². The maximum absolute atomic E-state index is 13.2. The van der Waals surface area contributed by atoms with E-state index in [0.29, 0.717) is 25.5 Å². The van der Waals surface area contributed by atoms with Crippen LogP contribution >= 0.6 is 0 Å². The first-order valence-electron chi connectivity index (χ1n) is 5.83. The van der Waals surface area contributed by atoms with Crippen LogP contribution in [0.4, 0.5) is 14.6 Å². The Bertz CT molecular complexity index is 626. The van der Waals surface area contributed by atoms with Gasteiger partial charge in [0.2, 0.25) is 0 Å². The van der Waals surface area contributed by atoms with Crippen LogP contribution in [0.3, 0.4) is 0 Å². The van der Waals surface area contributed by atoms with Crippen LogP contribution in [0.5, 0.6) is 0 Å². The van der Waals surface area contributed by atoms with E-state index in [1.54, 1.807) is 0 Å². The third kappa shape index (κ3) is 2.26. The van der Waals surface area contributed by atoms with Crippen LogP contribution in [0.2, 0.25) is 0 Å². The molecule has 1 aliphatic rings. The third-order valence-electron chi connectivity index (χ3n) is 2.98. The molecule has 2 N–H and O–H groups in total. The lowest BCUT2D eigenvalue weighted by Gasteiger charge is -2.17. The Labute approximate surface area is 108 Å². The minimum absolute atomic E-state index is 0.233. The van der Waals surface area contributed by atoms with Crippen molar-refractivity contribution in [1.82, 2.24) is 9.97 Å². The summed E-state index contributed by atoms with van der Waals surface area (Å²) >= 11 is 0. The molecular weight excluding hydrogens is 252 g/mol. The van der Waals surface area contributed by atoms with E-state index in [9.17, 15) is 8.78 Å². The van der Waals surface area contributed by atoms with Crippen molar-refractivity contribution in [3.8, 4) is 11.4 Å². The molecule has 19 heavy (non-hydrogen) atoms. The minimum atomic E-state index is -0.668. The molecule has 1 aromatic heterocycles. The number of fused-ring (bicyclic) bond motifs is 1. The zero-order valence-corrected chi connectivity index (χ0v) is 9.99. The highest BCUT2D eigenvalue weighted by Gasteiger charge is 2.17. The van der Waals surface area contributed by atoms with E-state index in [-0.39, 0.29) is 11.4 Å². The second-order valence-electron chi connectivity index (χ2n) is 4.32. The van der Waals surface area contributed by atoms with Gasteiger partial charge in [-0.1, -0.05) is 0 Å². The highest BCUT2D eigenvalue weighted by Crippen LogP contribution is 2.25. The van der Waals surface area contributed by atoms with E-state index < -0.39 is 11.6 Å². The molecule has 6 heteroatoms. The Morgan fingerprint density at radius 2 is 1.84 bits per heavy atom. The molecule has 0 saturated heterocycles. The van der Waals surface area contributed by atoms with E-state index in [1.165, 1.54) is 12.1 Å². The molecule has 4 nitrogen and oxygen atoms in total. The van der Waals surface area contributed by atoms with Crippen molar-refractivity contribution in [3.63, 3.8) is 0 Å². The maximum atomic E-state index is 13.2. The van der Waals surface area contributed by atoms with Gasteiger partial charge in [0.1, 0.15) is 17.5 Å². The summed E-state index contributed by atoms with van der Waals surface area (Å²) in [6.07, 6.45) is 0.618. The Kier molecular flexibility index (Phi) is 2.87. The van der Waals surface area contributed by atoms with Gasteiger partial charge >= 0.3 is 0 Å². The first-order chi connectivity index (χ1) is 9.13. The third-order valence-corrected chi connectivity index (χ3v) is 2.98. The average Bonchev–Trinajstić information content (AvgIpc) is 2.37. The van der Waals surface area contributed by atoms with Gasteiger partial charge in [-0.2, -0.15) is 0 Å². The lowest BCUT2D eigenvalue weighted by molar-refractivity contribution is 0.109. The van der Waals surface area contributed by atoms with Crippen molar-refractivity contribution in [2.24, 2.45) is 0 Å². The van der Waals surface area contributed by atoms with E-state index >= 15 is 0 Å². The predicted octanol–water partition coefficient (Wildman–Crippen LogP) is 2.08. The Morgan fingerprint density at radius 3 is 2.58 bits per heavy atom. The average molecular weight is 263 g/mol. The fourth-order valence-electron chi connectivity index (χ4n) is 2.07. The fraction of sp³-hybridized carbons (Fsp3) is 0.231. The van der Waals surface area contributed by atoms with Crippen LogP contribution < -0.4 is 5.73 Å². The zero-order valence-electron chi connectivity index (χ0n) is 9.99. The topological polar surface area (TPSA) is 61.0 Å². The predicted molar refractivity (Wildman–Crippen MR) is 65.2 cm³/mol. The summed E-state index contributed by atoms with van der Waals surface area (Å²) in [4.78, 5) is 8.41. The summed E-state index contributed by atoms with van der Waals surface area (Å²) in [5, 5.41) is 0. The van der Waals surface area contributed by atoms with Crippen molar-refractivity contribution in [1.29, 1.82) is 0 Å². The normalized spacial score (nSPS) is 14.2. The van der Waals surface area contributed by atoms with Crippen molar-refractivity contribution < 1.29 is 13.5 Å². The summed E-state index contributed by atoms with van der Waals surface area (Å²) in [6.45, 7) is 0.930. The smallest absolute Gasteiger partial charge is 0.161 e. The van der Waals surface area contributed by atoms with E-state index in [2.05, 4.69) is 9.97 Å². The molecule has 0 aliphatic carbocycles. The number of nitrogen functional groups attached to an aromatic ring is 1. The van der Waals surface area contributed by atoms with Gasteiger partial charge in [0.05, 0.1) is 18.9 Å². The molecule has 0 fully saturated rings. The molecular formula is C13H11F2N3O. The fourth-order valence-corrected chi connectivity index (χ4v) is 2.07. The van der Waals surface area contributed by atoms with Crippen molar-refractivity contribution in [2.75, 3.05) is 12.3 Å². The standard InChI is InChI=1S/C13H11F2N3O/c14-8-3-7(4-9(15)5-8)13-17-11-1-2-19-6-10(11)12(16)18-13/h3-5H,1-2,6H2,(H2,16,17,18). The minimum Gasteiger partial charge on any atom is -0.383 e. The number of ether oxygens (including phenoxy) is 1. The molecule has 0 saturated carbocycles. The number of benzene rings is 1. The number of anilines is 1. The number of nitrogens with zero attached hydrogens (tertiary/aromatic N) is 2. The van der Waals surface area contributed by atoms with Crippen LogP contribution in [0.15, 0.2) is 18.2 Å². The molecule has 0 spiro atoms. The van der Waals surface area contributed by atoms with Gasteiger partial charge < -0.3 is 10.5 Å². The molecule has 2 aromatic rings. The molecule has 1 aliphatic heterocycles. The van der Waals surface area contributed by atoms with Crippen LogP contribution in [0.25, 0.3) is 11.4 Å². The number of rotatable bonds is 1. The molecule has 98 valence electrons. The number of nitrogens with two attached hydrogens (primary N) is 1. The van der Waals surface area contributed by atoms with Gasteiger partial charge in [0, 0.05) is 23.6 Å². The summed E-state index contributed by atoms with van der Waals surface area (Å²) in [5.41, 5.74) is 7.65. The SMILES string of the molecule is Nc1nc(-c2cc(F)cc(F)c2)nc2c1COCC2. The highest BCUT2D eigenvalue weighted by molar-refractivity contribution is 5.59. The Hall–Kier alpha value is -2.08. The molecule has 0 bridgehead atoms. The molecule has 0 radical (unpaired) electrons. The zero-order chi connectivity index (χ0) is 13.4. The maximum Gasteiger partial charge on any atom is 0.161 e. The summed E-state index contributed by atoms with van der Waals surface area (Å²) in [7, 11) is 0. The van der Waals surface area contributed by atoms with Crippen LogP contribution in [0.1, 0.15) is 11.3 Å². The number of hydrogen-bond acceptors (Lipinski definition) is 4. The van der Waals surface area contributed by atoms with E-state index in [1.807, 2.05) is 0 Å². The Balaban J connectivity index is 2.12. The monoisotopic (exact) mass is 263 g/mol. The van der Waals surface area contributed by atoms with Gasteiger partial charge in [0.15, 0.2) is 5.82 Å². The quantitative estimate of drug-likeness (QED) is 0.855. The Morgan fingerprint density at radius 1 is 1.11 bits per heavy atom. The van der Waals surface area contributed by atoms with Crippen LogP contribution in [0, 0.1) is 11.6 Å². The molecule has 3 rings (SSSR count). The number of hydrogen-bond donors (Lipinski definition) is 1. The lowest BCUT2D eigenvalue weighted by atomic mass is 10.1. The summed E-state index contributed by atoms with van der Waals surface area (Å²) in [5.74, 6) is -0.808. The molecule has 2 heterocycles. The number of aromatic nitrogens is 2. The second kappa shape index (κ2) is 4.55. The molecule has 0 amide bonds. The first-order valence-corrected chi connectivity index (χ1v) is 5.83.